The molecule has 2 atom stereocenters. The monoisotopic (exact) mass is 372 g/mol. The van der Waals surface area contributed by atoms with E-state index in [2.05, 4.69) is 12.1 Å². The molecule has 1 heterocycles. The minimum Gasteiger partial charge on any atom is -0.489 e. The van der Waals surface area contributed by atoms with Crippen LogP contribution in [-0.2, 0) is 33.6 Å². The largest absolute Gasteiger partial charge is 0.489 e. The summed E-state index contributed by atoms with van der Waals surface area (Å²) in [6, 6.07) is 11.1. The summed E-state index contributed by atoms with van der Waals surface area (Å²) in [5.41, 5.74) is 5.01. The number of aryl methyl sites for hydroxylation is 2. The summed E-state index contributed by atoms with van der Waals surface area (Å²) in [4.78, 5) is 0.198. The topological polar surface area (TPSA) is 52.6 Å². The van der Waals surface area contributed by atoms with Gasteiger partial charge in [-0.3, -0.25) is 4.18 Å². The van der Waals surface area contributed by atoms with Gasteiger partial charge in [0.2, 0.25) is 0 Å². The second-order valence-electron chi connectivity index (χ2n) is 7.40. The van der Waals surface area contributed by atoms with Gasteiger partial charge in [0.25, 0.3) is 10.1 Å². The lowest BCUT2D eigenvalue weighted by Gasteiger charge is -2.18. The molecule has 4 rings (SSSR count). The third-order valence-corrected chi connectivity index (χ3v) is 6.67. The van der Waals surface area contributed by atoms with Gasteiger partial charge in [0, 0.05) is 12.8 Å². The van der Waals surface area contributed by atoms with E-state index >= 15 is 0 Å². The standard InChI is InChI=1S/C21H24O4S/c1-14-6-10-19(11-7-14)26(22,23)25-15(2)12-18-13-17-9-8-16-4-3-5-20(16)21(17)24-18/h6-11,15,18H,3-5,12-13H2,1-2H3. The highest BCUT2D eigenvalue weighted by atomic mass is 32.2. The van der Waals surface area contributed by atoms with Gasteiger partial charge in [-0.1, -0.05) is 29.8 Å². The van der Waals surface area contributed by atoms with Crippen molar-refractivity contribution >= 4 is 10.1 Å². The summed E-state index contributed by atoms with van der Waals surface area (Å²) in [7, 11) is -3.75. The molecule has 26 heavy (non-hydrogen) atoms. The van der Waals surface area contributed by atoms with Crippen LogP contribution in [0.5, 0.6) is 5.75 Å². The fourth-order valence-corrected chi connectivity index (χ4v) is 5.05. The van der Waals surface area contributed by atoms with Crippen molar-refractivity contribution in [3.8, 4) is 5.75 Å². The zero-order chi connectivity index (χ0) is 18.3. The fourth-order valence-electron chi connectivity index (χ4n) is 3.96. The van der Waals surface area contributed by atoms with Crippen LogP contribution in [0, 0.1) is 6.92 Å². The van der Waals surface area contributed by atoms with Crippen molar-refractivity contribution in [2.45, 2.75) is 63.1 Å². The van der Waals surface area contributed by atoms with E-state index in [1.165, 1.54) is 23.1 Å². The van der Waals surface area contributed by atoms with E-state index in [9.17, 15) is 8.42 Å². The van der Waals surface area contributed by atoms with Crippen molar-refractivity contribution in [3.05, 3.63) is 58.7 Å². The van der Waals surface area contributed by atoms with Gasteiger partial charge in [0.05, 0.1) is 11.0 Å². The van der Waals surface area contributed by atoms with E-state index in [1.807, 2.05) is 6.92 Å². The van der Waals surface area contributed by atoms with Crippen LogP contribution >= 0.6 is 0 Å². The minimum atomic E-state index is -3.75. The van der Waals surface area contributed by atoms with E-state index in [0.717, 1.165) is 30.6 Å². The Hall–Kier alpha value is -1.85. The molecule has 0 radical (unpaired) electrons. The SMILES string of the molecule is Cc1ccc(S(=O)(=O)OC(C)CC2Cc3ccc4c(c3O2)CCC4)cc1. The molecule has 0 N–H and O–H groups in total. The summed E-state index contributed by atoms with van der Waals surface area (Å²) < 4.78 is 36.5. The molecular formula is C21H24O4S. The van der Waals surface area contributed by atoms with Crippen LogP contribution < -0.4 is 4.74 Å². The molecule has 0 spiro atoms. The third-order valence-electron chi connectivity index (χ3n) is 5.24. The van der Waals surface area contributed by atoms with E-state index < -0.39 is 16.2 Å². The van der Waals surface area contributed by atoms with Crippen LogP contribution in [0.1, 0.15) is 42.0 Å². The first kappa shape index (κ1) is 17.6. The molecule has 2 aromatic rings. The molecule has 5 heteroatoms. The van der Waals surface area contributed by atoms with Crippen molar-refractivity contribution in [1.82, 2.24) is 0 Å². The Kier molecular flexibility index (Phi) is 4.53. The Morgan fingerprint density at radius 3 is 2.62 bits per heavy atom. The third kappa shape index (κ3) is 3.38. The second-order valence-corrected chi connectivity index (χ2v) is 8.97. The van der Waals surface area contributed by atoms with Crippen molar-refractivity contribution in [3.63, 3.8) is 0 Å². The predicted molar refractivity (Wildman–Crippen MR) is 100 cm³/mol. The normalized spacial score (nSPS) is 19.7. The molecule has 1 aliphatic carbocycles. The molecule has 0 fully saturated rings. The molecule has 0 saturated heterocycles. The molecule has 0 saturated carbocycles. The lowest BCUT2D eigenvalue weighted by atomic mass is 10.0. The lowest BCUT2D eigenvalue weighted by molar-refractivity contribution is 0.138. The Morgan fingerprint density at radius 1 is 1.12 bits per heavy atom. The number of fused-ring (bicyclic) bond motifs is 3. The predicted octanol–water partition coefficient (Wildman–Crippen LogP) is 3.97. The Morgan fingerprint density at radius 2 is 1.85 bits per heavy atom. The van der Waals surface area contributed by atoms with Crippen molar-refractivity contribution in [1.29, 1.82) is 0 Å². The number of hydrogen-bond acceptors (Lipinski definition) is 4. The summed E-state index contributed by atoms with van der Waals surface area (Å²) >= 11 is 0. The van der Waals surface area contributed by atoms with Crippen LogP contribution in [-0.4, -0.2) is 20.6 Å². The molecule has 2 aromatic carbocycles. The average molecular weight is 372 g/mol. The smallest absolute Gasteiger partial charge is 0.297 e. The van der Waals surface area contributed by atoms with Gasteiger partial charge >= 0.3 is 0 Å². The second kappa shape index (κ2) is 6.71. The Bertz CT molecular complexity index is 916. The highest BCUT2D eigenvalue weighted by Crippen LogP contribution is 2.39. The molecule has 0 bridgehead atoms. The summed E-state index contributed by atoms with van der Waals surface area (Å²) in [6.45, 7) is 3.72. The summed E-state index contributed by atoms with van der Waals surface area (Å²) in [5, 5.41) is 0. The van der Waals surface area contributed by atoms with Gasteiger partial charge in [0.1, 0.15) is 11.9 Å². The minimum absolute atomic E-state index is 0.0275. The van der Waals surface area contributed by atoms with Crippen molar-refractivity contribution in [2.24, 2.45) is 0 Å². The summed E-state index contributed by atoms with van der Waals surface area (Å²) in [6.07, 6.45) is 4.31. The molecule has 0 amide bonds. The average Bonchev–Trinajstić information content (AvgIpc) is 3.19. The number of rotatable bonds is 5. The highest BCUT2D eigenvalue weighted by molar-refractivity contribution is 7.86. The first-order valence-electron chi connectivity index (χ1n) is 9.22. The zero-order valence-electron chi connectivity index (χ0n) is 15.2. The number of hydrogen-bond donors (Lipinski definition) is 0. The maximum atomic E-state index is 12.4. The maximum Gasteiger partial charge on any atom is 0.297 e. The highest BCUT2D eigenvalue weighted by Gasteiger charge is 2.30. The van der Waals surface area contributed by atoms with Gasteiger partial charge < -0.3 is 4.74 Å². The number of benzene rings is 2. The Labute approximate surface area is 155 Å². The van der Waals surface area contributed by atoms with Crippen molar-refractivity contribution in [2.75, 3.05) is 0 Å². The summed E-state index contributed by atoms with van der Waals surface area (Å²) in [5.74, 6) is 1.04. The van der Waals surface area contributed by atoms with Crippen LogP contribution in [0.25, 0.3) is 0 Å². The van der Waals surface area contributed by atoms with Crippen molar-refractivity contribution < 1.29 is 17.3 Å². The van der Waals surface area contributed by atoms with Gasteiger partial charge in [-0.25, -0.2) is 0 Å². The van der Waals surface area contributed by atoms with Gasteiger partial charge in [-0.2, -0.15) is 8.42 Å². The van der Waals surface area contributed by atoms with Crippen LogP contribution in [0.2, 0.25) is 0 Å². The molecule has 2 unspecified atom stereocenters. The van der Waals surface area contributed by atoms with E-state index in [-0.39, 0.29) is 11.0 Å². The Balaban J connectivity index is 1.41. The van der Waals surface area contributed by atoms with E-state index in [0.29, 0.717) is 6.42 Å². The van der Waals surface area contributed by atoms with Crippen LogP contribution in [0.3, 0.4) is 0 Å². The molecular weight excluding hydrogens is 348 g/mol. The molecule has 0 aromatic heterocycles. The van der Waals surface area contributed by atoms with Crippen LogP contribution in [0.15, 0.2) is 41.3 Å². The van der Waals surface area contributed by atoms with Crippen LogP contribution in [0.4, 0.5) is 0 Å². The van der Waals surface area contributed by atoms with E-state index in [4.69, 9.17) is 8.92 Å². The molecule has 4 nitrogen and oxygen atoms in total. The molecule has 1 aliphatic heterocycles. The fraction of sp³-hybridized carbons (Fsp3) is 0.429. The quantitative estimate of drug-likeness (QED) is 0.745. The number of ether oxygens (including phenoxy) is 1. The molecule has 2 aliphatic rings. The first-order valence-corrected chi connectivity index (χ1v) is 10.6. The maximum absolute atomic E-state index is 12.4. The van der Waals surface area contributed by atoms with Gasteiger partial charge in [-0.15, -0.1) is 0 Å². The zero-order valence-corrected chi connectivity index (χ0v) is 16.0. The lowest BCUT2D eigenvalue weighted by Crippen LogP contribution is -2.24. The van der Waals surface area contributed by atoms with E-state index in [1.54, 1.807) is 31.2 Å². The first-order chi connectivity index (χ1) is 12.4. The molecule has 138 valence electrons. The van der Waals surface area contributed by atoms with Gasteiger partial charge in [0.15, 0.2) is 0 Å². The van der Waals surface area contributed by atoms with Gasteiger partial charge in [-0.05, 0) is 61.9 Å².